The van der Waals surface area contributed by atoms with Crippen molar-refractivity contribution in [1.82, 2.24) is 4.90 Å². The number of aliphatic hydroxyl groups excluding tert-OH is 3. The van der Waals surface area contributed by atoms with Crippen LogP contribution >= 0.6 is 11.8 Å². The van der Waals surface area contributed by atoms with E-state index in [-0.39, 0.29) is 19.3 Å². The minimum atomic E-state index is -0.376. The average molecular weight is 279 g/mol. The first kappa shape index (κ1) is 18.2. The van der Waals surface area contributed by atoms with E-state index in [9.17, 15) is 5.11 Å². The lowest BCUT2D eigenvalue weighted by Crippen LogP contribution is -2.37. The third-order valence-corrected chi connectivity index (χ3v) is 3.95. The predicted molar refractivity (Wildman–Crippen MR) is 78.1 cm³/mol. The van der Waals surface area contributed by atoms with Crippen molar-refractivity contribution >= 4 is 11.8 Å². The standard InChI is InChI=1S/C13H29NO3S/c1-2-3-4-5-10-18-12-13(17)11-14(6-8-15)7-9-16/h13,15-17H,2-12H2,1H3. The molecule has 18 heavy (non-hydrogen) atoms. The molecule has 0 spiro atoms. The first-order valence-corrected chi connectivity index (χ1v) is 8.09. The van der Waals surface area contributed by atoms with Gasteiger partial charge in [0.05, 0.1) is 19.3 Å². The van der Waals surface area contributed by atoms with Crippen molar-refractivity contribution in [3.8, 4) is 0 Å². The number of nitrogens with zero attached hydrogens (tertiary/aromatic N) is 1. The van der Waals surface area contributed by atoms with Crippen LogP contribution in [-0.4, -0.2) is 70.7 Å². The lowest BCUT2D eigenvalue weighted by Gasteiger charge is -2.23. The van der Waals surface area contributed by atoms with Gasteiger partial charge in [-0.3, -0.25) is 4.90 Å². The van der Waals surface area contributed by atoms with Crippen molar-refractivity contribution in [2.45, 2.75) is 38.7 Å². The molecule has 0 bridgehead atoms. The minimum Gasteiger partial charge on any atom is -0.395 e. The predicted octanol–water partition coefficient (Wildman–Crippen LogP) is 0.947. The maximum absolute atomic E-state index is 9.85. The van der Waals surface area contributed by atoms with Crippen LogP contribution in [0.3, 0.4) is 0 Å². The normalized spacial score (nSPS) is 13.2. The van der Waals surface area contributed by atoms with Crippen molar-refractivity contribution in [3.05, 3.63) is 0 Å². The molecule has 0 saturated carbocycles. The Morgan fingerprint density at radius 2 is 1.72 bits per heavy atom. The molecule has 4 nitrogen and oxygen atoms in total. The second-order valence-electron chi connectivity index (χ2n) is 4.54. The van der Waals surface area contributed by atoms with Crippen molar-refractivity contribution in [3.63, 3.8) is 0 Å². The number of rotatable bonds is 13. The Labute approximate surface area is 115 Å². The van der Waals surface area contributed by atoms with Gasteiger partial charge in [0.2, 0.25) is 0 Å². The fourth-order valence-electron chi connectivity index (χ4n) is 1.78. The lowest BCUT2D eigenvalue weighted by atomic mass is 10.2. The molecule has 0 aromatic rings. The van der Waals surface area contributed by atoms with Gasteiger partial charge in [0.25, 0.3) is 0 Å². The summed E-state index contributed by atoms with van der Waals surface area (Å²) in [6.07, 6.45) is 4.68. The Bertz CT molecular complexity index is 166. The van der Waals surface area contributed by atoms with Gasteiger partial charge in [-0.05, 0) is 12.2 Å². The van der Waals surface area contributed by atoms with Gasteiger partial charge < -0.3 is 15.3 Å². The monoisotopic (exact) mass is 279 g/mol. The van der Waals surface area contributed by atoms with Crippen LogP contribution in [0.25, 0.3) is 0 Å². The summed E-state index contributed by atoms with van der Waals surface area (Å²) in [4.78, 5) is 1.89. The second kappa shape index (κ2) is 13.6. The number of hydrogen-bond donors (Lipinski definition) is 3. The van der Waals surface area contributed by atoms with Crippen LogP contribution in [0.2, 0.25) is 0 Å². The van der Waals surface area contributed by atoms with E-state index in [4.69, 9.17) is 10.2 Å². The van der Waals surface area contributed by atoms with Crippen LogP contribution in [0, 0.1) is 0 Å². The van der Waals surface area contributed by atoms with Gasteiger partial charge in [0.1, 0.15) is 0 Å². The molecule has 0 rings (SSSR count). The zero-order valence-electron chi connectivity index (χ0n) is 11.6. The Balaban J connectivity index is 3.51. The van der Waals surface area contributed by atoms with Gasteiger partial charge in [-0.2, -0.15) is 11.8 Å². The van der Waals surface area contributed by atoms with Crippen molar-refractivity contribution in [1.29, 1.82) is 0 Å². The Morgan fingerprint density at radius 3 is 2.28 bits per heavy atom. The number of unbranched alkanes of at least 4 members (excludes halogenated alkanes) is 3. The maximum Gasteiger partial charge on any atom is 0.0757 e. The molecular weight excluding hydrogens is 250 g/mol. The average Bonchev–Trinajstić information content (AvgIpc) is 2.34. The molecule has 0 aliphatic heterocycles. The maximum atomic E-state index is 9.85. The summed E-state index contributed by atoms with van der Waals surface area (Å²) in [6, 6.07) is 0. The molecule has 0 amide bonds. The highest BCUT2D eigenvalue weighted by Crippen LogP contribution is 2.09. The van der Waals surface area contributed by atoms with Gasteiger partial charge in [-0.25, -0.2) is 0 Å². The quantitative estimate of drug-likeness (QED) is 0.438. The number of thioether (sulfide) groups is 1. The van der Waals surface area contributed by atoms with Crippen LogP contribution in [0.1, 0.15) is 32.6 Å². The largest absolute Gasteiger partial charge is 0.395 e. The molecule has 110 valence electrons. The Kier molecular flexibility index (Phi) is 13.8. The molecular formula is C13H29NO3S. The van der Waals surface area contributed by atoms with Crippen LogP contribution < -0.4 is 0 Å². The molecule has 3 N–H and O–H groups in total. The first-order chi connectivity index (χ1) is 8.74. The molecule has 0 heterocycles. The Morgan fingerprint density at radius 1 is 1.06 bits per heavy atom. The molecule has 0 saturated heterocycles. The first-order valence-electron chi connectivity index (χ1n) is 6.94. The van der Waals surface area contributed by atoms with Crippen LogP contribution in [0.5, 0.6) is 0 Å². The SMILES string of the molecule is CCCCCCSCC(O)CN(CCO)CCO. The molecule has 0 radical (unpaired) electrons. The highest BCUT2D eigenvalue weighted by Gasteiger charge is 2.10. The van der Waals surface area contributed by atoms with Gasteiger partial charge in [-0.15, -0.1) is 0 Å². The Hall–Kier alpha value is 0.190. The molecule has 5 heteroatoms. The fourth-order valence-corrected chi connectivity index (χ4v) is 2.73. The van der Waals surface area contributed by atoms with E-state index in [2.05, 4.69) is 6.92 Å². The molecule has 1 unspecified atom stereocenters. The lowest BCUT2D eigenvalue weighted by molar-refractivity contribution is 0.0995. The third-order valence-electron chi connectivity index (χ3n) is 2.75. The third kappa shape index (κ3) is 11.3. The summed E-state index contributed by atoms with van der Waals surface area (Å²) >= 11 is 1.79. The van der Waals surface area contributed by atoms with Crippen LogP contribution in [0.15, 0.2) is 0 Å². The molecule has 0 aliphatic carbocycles. The highest BCUT2D eigenvalue weighted by atomic mass is 32.2. The van der Waals surface area contributed by atoms with E-state index in [1.165, 1.54) is 25.7 Å². The highest BCUT2D eigenvalue weighted by molar-refractivity contribution is 7.99. The van der Waals surface area contributed by atoms with Gasteiger partial charge in [0.15, 0.2) is 0 Å². The molecule has 0 aliphatic rings. The van der Waals surface area contributed by atoms with E-state index in [0.717, 1.165) is 11.5 Å². The topological polar surface area (TPSA) is 63.9 Å². The van der Waals surface area contributed by atoms with Gasteiger partial charge in [0, 0.05) is 25.4 Å². The molecule has 0 fully saturated rings. The smallest absolute Gasteiger partial charge is 0.0757 e. The minimum absolute atomic E-state index is 0.0663. The van der Waals surface area contributed by atoms with E-state index < -0.39 is 0 Å². The summed E-state index contributed by atoms with van der Waals surface area (Å²) in [6.45, 7) is 3.89. The fraction of sp³-hybridized carbons (Fsp3) is 1.00. The van der Waals surface area contributed by atoms with Crippen LogP contribution in [0.4, 0.5) is 0 Å². The summed E-state index contributed by atoms with van der Waals surface area (Å²) in [5.41, 5.74) is 0. The van der Waals surface area contributed by atoms with E-state index >= 15 is 0 Å². The molecule has 0 aromatic carbocycles. The number of aliphatic hydroxyl groups is 3. The van der Waals surface area contributed by atoms with E-state index in [1.807, 2.05) is 4.90 Å². The van der Waals surface area contributed by atoms with Gasteiger partial charge in [-0.1, -0.05) is 26.2 Å². The summed E-state index contributed by atoms with van der Waals surface area (Å²) in [5.74, 6) is 1.84. The van der Waals surface area contributed by atoms with E-state index in [1.54, 1.807) is 11.8 Å². The molecule has 0 aromatic heterocycles. The van der Waals surface area contributed by atoms with Crippen molar-refractivity contribution < 1.29 is 15.3 Å². The zero-order valence-corrected chi connectivity index (χ0v) is 12.4. The summed E-state index contributed by atoms with van der Waals surface area (Å²) in [5, 5.41) is 27.6. The summed E-state index contributed by atoms with van der Waals surface area (Å²) in [7, 11) is 0. The number of hydrogen-bond acceptors (Lipinski definition) is 5. The molecule has 1 atom stereocenters. The van der Waals surface area contributed by atoms with E-state index in [0.29, 0.717) is 19.6 Å². The van der Waals surface area contributed by atoms with Crippen LogP contribution in [-0.2, 0) is 0 Å². The van der Waals surface area contributed by atoms with Crippen molar-refractivity contribution in [2.75, 3.05) is 44.4 Å². The van der Waals surface area contributed by atoms with Gasteiger partial charge >= 0.3 is 0 Å². The summed E-state index contributed by atoms with van der Waals surface area (Å²) < 4.78 is 0. The second-order valence-corrected chi connectivity index (χ2v) is 5.69. The zero-order chi connectivity index (χ0) is 13.6. The van der Waals surface area contributed by atoms with Crippen molar-refractivity contribution in [2.24, 2.45) is 0 Å².